The summed E-state index contributed by atoms with van der Waals surface area (Å²) < 4.78 is 5.28. The van der Waals surface area contributed by atoms with Crippen molar-refractivity contribution in [3.05, 3.63) is 59.9 Å². The van der Waals surface area contributed by atoms with Crippen LogP contribution in [0.5, 0.6) is 5.75 Å². The highest BCUT2D eigenvalue weighted by molar-refractivity contribution is 5.30. The van der Waals surface area contributed by atoms with Crippen molar-refractivity contribution >= 4 is 0 Å². The molecule has 1 N–H and O–H groups in total. The number of nitrogens with one attached hydrogen (secondary N) is 1. The normalized spacial score (nSPS) is 21.8. The molecule has 1 fully saturated rings. The smallest absolute Gasteiger partial charge is 0.119 e. The molecule has 0 spiro atoms. The maximum Gasteiger partial charge on any atom is 0.119 e. The van der Waals surface area contributed by atoms with Gasteiger partial charge in [-0.1, -0.05) is 12.1 Å². The largest absolute Gasteiger partial charge is 0.497 e. The zero-order valence-electron chi connectivity index (χ0n) is 12.6. The molecule has 1 aromatic heterocycles. The van der Waals surface area contributed by atoms with E-state index in [4.69, 9.17) is 4.74 Å². The van der Waals surface area contributed by atoms with Crippen molar-refractivity contribution in [1.82, 2.24) is 10.3 Å². The first-order valence-electron chi connectivity index (χ1n) is 7.55. The Bertz CT molecular complexity index is 585. The van der Waals surface area contributed by atoms with E-state index in [1.54, 1.807) is 7.11 Å². The fourth-order valence-electron chi connectivity index (χ4n) is 2.85. The summed E-state index contributed by atoms with van der Waals surface area (Å²) in [6.07, 6.45) is 5.05. The van der Waals surface area contributed by atoms with E-state index in [9.17, 15) is 0 Å². The Balaban J connectivity index is 1.52. The summed E-state index contributed by atoms with van der Waals surface area (Å²) >= 11 is 0. The Kier molecular flexibility index (Phi) is 4.20. The van der Waals surface area contributed by atoms with Crippen LogP contribution in [0.2, 0.25) is 0 Å². The van der Waals surface area contributed by atoms with Crippen LogP contribution in [0.4, 0.5) is 0 Å². The number of ether oxygens (including phenoxy) is 1. The highest BCUT2D eigenvalue weighted by Crippen LogP contribution is 2.46. The van der Waals surface area contributed by atoms with Crippen molar-refractivity contribution in [2.45, 2.75) is 25.3 Å². The molecule has 3 rings (SSSR count). The lowest BCUT2D eigenvalue weighted by Gasteiger charge is -2.15. The summed E-state index contributed by atoms with van der Waals surface area (Å²) in [4.78, 5) is 4.08. The van der Waals surface area contributed by atoms with E-state index in [1.165, 1.54) is 17.5 Å². The molecule has 3 heteroatoms. The van der Waals surface area contributed by atoms with Gasteiger partial charge in [-0.25, -0.2) is 0 Å². The topological polar surface area (TPSA) is 34.1 Å². The fourth-order valence-corrected chi connectivity index (χ4v) is 2.85. The van der Waals surface area contributed by atoms with Gasteiger partial charge < -0.3 is 10.1 Å². The van der Waals surface area contributed by atoms with Gasteiger partial charge in [0.05, 0.1) is 7.11 Å². The lowest BCUT2D eigenvalue weighted by molar-refractivity contribution is 0.413. The standard InChI is InChI=1S/C18H22N2O/c1-13(15-4-3-5-17(10-15)21-2)20-12-16-11-18(16)14-6-8-19-9-7-14/h3-10,13,16,18,20H,11-12H2,1-2H3/t13-,16?,18?/m1/s1. The van der Waals surface area contributed by atoms with Crippen molar-refractivity contribution in [2.24, 2.45) is 5.92 Å². The number of rotatable bonds is 6. The molecule has 2 unspecified atom stereocenters. The van der Waals surface area contributed by atoms with Crippen LogP contribution in [-0.2, 0) is 0 Å². The van der Waals surface area contributed by atoms with Gasteiger partial charge in [0.2, 0.25) is 0 Å². The number of hydrogen-bond acceptors (Lipinski definition) is 3. The Morgan fingerprint density at radius 1 is 1.29 bits per heavy atom. The first kappa shape index (κ1) is 14.1. The number of methoxy groups -OCH3 is 1. The van der Waals surface area contributed by atoms with E-state index in [-0.39, 0.29) is 0 Å². The number of benzene rings is 1. The summed E-state index contributed by atoms with van der Waals surface area (Å²) in [5.74, 6) is 2.38. The Morgan fingerprint density at radius 2 is 2.10 bits per heavy atom. The third-order valence-corrected chi connectivity index (χ3v) is 4.34. The molecular weight excluding hydrogens is 260 g/mol. The van der Waals surface area contributed by atoms with Gasteiger partial charge in [-0.05, 0) is 67.1 Å². The van der Waals surface area contributed by atoms with Gasteiger partial charge in [-0.2, -0.15) is 0 Å². The monoisotopic (exact) mass is 282 g/mol. The summed E-state index contributed by atoms with van der Waals surface area (Å²) in [6, 6.07) is 12.9. The highest BCUT2D eigenvalue weighted by atomic mass is 16.5. The van der Waals surface area contributed by atoms with E-state index in [0.29, 0.717) is 12.0 Å². The Labute approximate surface area is 126 Å². The first-order chi connectivity index (χ1) is 10.3. The van der Waals surface area contributed by atoms with Gasteiger partial charge in [0.25, 0.3) is 0 Å². The minimum absolute atomic E-state index is 0.346. The summed E-state index contributed by atoms with van der Waals surface area (Å²) in [5, 5.41) is 3.64. The van der Waals surface area contributed by atoms with Crippen LogP contribution in [0.15, 0.2) is 48.8 Å². The molecule has 3 nitrogen and oxygen atoms in total. The molecule has 0 radical (unpaired) electrons. The minimum Gasteiger partial charge on any atom is -0.497 e. The number of pyridine rings is 1. The SMILES string of the molecule is COc1cccc([C@@H](C)NCC2CC2c2ccncc2)c1. The number of aromatic nitrogens is 1. The van der Waals surface area contributed by atoms with Crippen molar-refractivity contribution in [2.75, 3.05) is 13.7 Å². The van der Waals surface area contributed by atoms with Crippen LogP contribution in [0.3, 0.4) is 0 Å². The van der Waals surface area contributed by atoms with Crippen LogP contribution in [0.25, 0.3) is 0 Å². The average molecular weight is 282 g/mol. The number of hydrogen-bond donors (Lipinski definition) is 1. The third-order valence-electron chi connectivity index (χ3n) is 4.34. The van der Waals surface area contributed by atoms with Gasteiger partial charge in [0.1, 0.15) is 5.75 Å². The predicted octanol–water partition coefficient (Wildman–Crippen LogP) is 3.54. The van der Waals surface area contributed by atoms with Gasteiger partial charge in [0, 0.05) is 18.4 Å². The minimum atomic E-state index is 0.346. The summed E-state index contributed by atoms with van der Waals surface area (Å²) in [5.41, 5.74) is 2.70. The lowest BCUT2D eigenvalue weighted by Crippen LogP contribution is -2.21. The van der Waals surface area contributed by atoms with Gasteiger partial charge in [0.15, 0.2) is 0 Å². The average Bonchev–Trinajstić information content (AvgIpc) is 3.33. The van der Waals surface area contributed by atoms with E-state index in [1.807, 2.05) is 24.5 Å². The molecule has 0 bridgehead atoms. The van der Waals surface area contributed by atoms with Crippen LogP contribution in [0.1, 0.15) is 36.4 Å². The maximum absolute atomic E-state index is 5.28. The first-order valence-corrected chi connectivity index (χ1v) is 7.55. The molecule has 0 amide bonds. The second kappa shape index (κ2) is 6.27. The fraction of sp³-hybridized carbons (Fsp3) is 0.389. The quantitative estimate of drug-likeness (QED) is 0.880. The molecule has 1 heterocycles. The third kappa shape index (κ3) is 3.42. The summed E-state index contributed by atoms with van der Waals surface area (Å²) in [7, 11) is 1.71. The second-order valence-corrected chi connectivity index (χ2v) is 5.79. The van der Waals surface area contributed by atoms with Crippen molar-refractivity contribution in [1.29, 1.82) is 0 Å². The van der Waals surface area contributed by atoms with Crippen LogP contribution in [-0.4, -0.2) is 18.6 Å². The van der Waals surface area contributed by atoms with Crippen LogP contribution < -0.4 is 10.1 Å². The van der Waals surface area contributed by atoms with Crippen LogP contribution in [0, 0.1) is 5.92 Å². The zero-order valence-corrected chi connectivity index (χ0v) is 12.6. The molecular formula is C18H22N2O. The summed E-state index contributed by atoms with van der Waals surface area (Å²) in [6.45, 7) is 3.27. The molecule has 1 aliphatic carbocycles. The van der Waals surface area contributed by atoms with Gasteiger partial charge >= 0.3 is 0 Å². The molecule has 1 saturated carbocycles. The highest BCUT2D eigenvalue weighted by Gasteiger charge is 2.37. The van der Waals surface area contributed by atoms with E-state index in [0.717, 1.165) is 18.2 Å². The molecule has 1 aliphatic rings. The van der Waals surface area contributed by atoms with Crippen molar-refractivity contribution in [3.63, 3.8) is 0 Å². The Hall–Kier alpha value is -1.87. The predicted molar refractivity (Wildman–Crippen MR) is 84.5 cm³/mol. The molecule has 0 aliphatic heterocycles. The molecule has 1 aromatic carbocycles. The molecule has 110 valence electrons. The molecule has 0 saturated heterocycles. The molecule has 2 aromatic rings. The number of nitrogens with zero attached hydrogens (tertiary/aromatic N) is 1. The molecule has 3 atom stereocenters. The van der Waals surface area contributed by atoms with Gasteiger partial charge in [-0.15, -0.1) is 0 Å². The van der Waals surface area contributed by atoms with E-state index in [2.05, 4.69) is 41.5 Å². The molecule has 21 heavy (non-hydrogen) atoms. The van der Waals surface area contributed by atoms with E-state index >= 15 is 0 Å². The lowest BCUT2D eigenvalue weighted by atomic mass is 10.1. The van der Waals surface area contributed by atoms with Crippen LogP contribution >= 0.6 is 0 Å². The second-order valence-electron chi connectivity index (χ2n) is 5.79. The Morgan fingerprint density at radius 3 is 2.86 bits per heavy atom. The maximum atomic E-state index is 5.28. The van der Waals surface area contributed by atoms with E-state index < -0.39 is 0 Å². The zero-order chi connectivity index (χ0) is 14.7. The van der Waals surface area contributed by atoms with Gasteiger partial charge in [-0.3, -0.25) is 4.98 Å². The van der Waals surface area contributed by atoms with Crippen molar-refractivity contribution in [3.8, 4) is 5.75 Å². The van der Waals surface area contributed by atoms with Crippen molar-refractivity contribution < 1.29 is 4.74 Å².